The normalized spacial score (nSPS) is 12.3. The predicted octanol–water partition coefficient (Wildman–Crippen LogP) is 5.37. The summed E-state index contributed by atoms with van der Waals surface area (Å²) in [5.41, 5.74) is 4.26. The van der Waals surface area contributed by atoms with Gasteiger partial charge < -0.3 is 24.5 Å². The Bertz CT molecular complexity index is 1540. The van der Waals surface area contributed by atoms with E-state index in [0.717, 1.165) is 27.4 Å². The number of anilines is 1. The third kappa shape index (κ3) is 3.30. The third-order valence-corrected chi connectivity index (χ3v) is 5.70. The Labute approximate surface area is 188 Å². The number of aromatic amines is 1. The molecule has 0 saturated carbocycles. The number of H-pyrrole nitrogens is 1. The Hall–Kier alpha value is -4.52. The van der Waals surface area contributed by atoms with E-state index in [1.54, 1.807) is 13.2 Å². The lowest BCUT2D eigenvalue weighted by molar-refractivity contribution is 0.102. The minimum absolute atomic E-state index is 0.191. The number of carbonyl (C=O) groups excluding carboxylic acids is 1. The summed E-state index contributed by atoms with van der Waals surface area (Å²) in [6.07, 6.45) is 0. The van der Waals surface area contributed by atoms with E-state index in [0.29, 0.717) is 34.3 Å². The molecule has 33 heavy (non-hydrogen) atoms. The van der Waals surface area contributed by atoms with Crippen molar-refractivity contribution in [1.82, 2.24) is 9.97 Å². The summed E-state index contributed by atoms with van der Waals surface area (Å²) in [6.45, 7) is 0.191. The van der Waals surface area contributed by atoms with Crippen LogP contribution < -0.4 is 19.5 Å². The highest BCUT2D eigenvalue weighted by Gasteiger charge is 2.20. The summed E-state index contributed by atoms with van der Waals surface area (Å²) >= 11 is 0. The Morgan fingerprint density at radius 3 is 2.76 bits per heavy atom. The highest BCUT2D eigenvalue weighted by atomic mass is 16.7. The number of ether oxygens (including phenoxy) is 3. The fourth-order valence-corrected chi connectivity index (χ4v) is 4.11. The standard InChI is InChI=1S/C26H19N3O4/c1-31-17-6-4-5-16(12-17)27-26(30)21-13-19-18-7-2-3-8-20(18)28-25(19)24(29-21)15-9-10-22-23(11-15)33-14-32-22/h2-13,28H,14H2,1H3,(H,27,30). The molecule has 6 rings (SSSR count). The maximum atomic E-state index is 13.2. The van der Waals surface area contributed by atoms with Crippen molar-refractivity contribution in [2.75, 3.05) is 19.2 Å². The first kappa shape index (κ1) is 19.2. The molecule has 1 aliphatic rings. The van der Waals surface area contributed by atoms with Gasteiger partial charge in [-0.05, 0) is 42.5 Å². The van der Waals surface area contributed by atoms with Crippen molar-refractivity contribution in [2.24, 2.45) is 0 Å². The second kappa shape index (κ2) is 7.56. The Balaban J connectivity index is 1.51. The van der Waals surface area contributed by atoms with E-state index in [-0.39, 0.29) is 12.7 Å². The van der Waals surface area contributed by atoms with Crippen LogP contribution in [0, 0.1) is 0 Å². The lowest BCUT2D eigenvalue weighted by atomic mass is 10.1. The molecule has 2 N–H and O–H groups in total. The molecule has 3 aromatic carbocycles. The van der Waals surface area contributed by atoms with E-state index in [1.165, 1.54) is 0 Å². The highest BCUT2D eigenvalue weighted by molar-refractivity contribution is 6.14. The van der Waals surface area contributed by atoms with Crippen LogP contribution in [-0.2, 0) is 0 Å². The molecule has 0 fully saturated rings. The summed E-state index contributed by atoms with van der Waals surface area (Å²) in [5, 5.41) is 4.86. The van der Waals surface area contributed by atoms with Gasteiger partial charge in [0, 0.05) is 33.6 Å². The van der Waals surface area contributed by atoms with E-state index < -0.39 is 0 Å². The topological polar surface area (TPSA) is 85.5 Å². The molecule has 2 aromatic heterocycles. The molecule has 0 saturated heterocycles. The summed E-state index contributed by atoms with van der Waals surface area (Å²) in [4.78, 5) is 21.4. The zero-order valence-corrected chi connectivity index (χ0v) is 17.7. The molecule has 0 aliphatic carbocycles. The Morgan fingerprint density at radius 2 is 1.85 bits per heavy atom. The van der Waals surface area contributed by atoms with Crippen LogP contribution in [0.3, 0.4) is 0 Å². The number of amides is 1. The van der Waals surface area contributed by atoms with Gasteiger partial charge in [-0.25, -0.2) is 4.98 Å². The average Bonchev–Trinajstić information content (AvgIpc) is 3.47. The Kier molecular flexibility index (Phi) is 4.40. The number of methoxy groups -OCH3 is 1. The molecule has 162 valence electrons. The van der Waals surface area contributed by atoms with Gasteiger partial charge in [-0.1, -0.05) is 24.3 Å². The van der Waals surface area contributed by atoms with E-state index in [2.05, 4.69) is 10.3 Å². The van der Waals surface area contributed by atoms with Crippen LogP contribution in [0.2, 0.25) is 0 Å². The first-order valence-electron chi connectivity index (χ1n) is 10.5. The fraction of sp³-hybridized carbons (Fsp3) is 0.0769. The van der Waals surface area contributed by atoms with Crippen molar-refractivity contribution in [1.29, 1.82) is 0 Å². The van der Waals surface area contributed by atoms with Gasteiger partial charge in [-0.15, -0.1) is 0 Å². The number of benzene rings is 3. The second-order valence-electron chi connectivity index (χ2n) is 7.70. The number of para-hydroxylation sites is 1. The molecule has 5 aromatic rings. The van der Waals surface area contributed by atoms with Crippen molar-refractivity contribution in [3.63, 3.8) is 0 Å². The first-order valence-corrected chi connectivity index (χ1v) is 10.5. The number of nitrogens with one attached hydrogen (secondary N) is 2. The van der Waals surface area contributed by atoms with Crippen LogP contribution in [0.15, 0.2) is 72.8 Å². The van der Waals surface area contributed by atoms with Gasteiger partial charge in [0.1, 0.15) is 11.4 Å². The van der Waals surface area contributed by atoms with Crippen molar-refractivity contribution < 1.29 is 19.0 Å². The van der Waals surface area contributed by atoms with E-state index >= 15 is 0 Å². The Morgan fingerprint density at radius 1 is 0.970 bits per heavy atom. The fourth-order valence-electron chi connectivity index (χ4n) is 4.11. The van der Waals surface area contributed by atoms with E-state index in [1.807, 2.05) is 66.7 Å². The maximum Gasteiger partial charge on any atom is 0.274 e. The summed E-state index contributed by atoms with van der Waals surface area (Å²) in [5.74, 6) is 1.70. The van der Waals surface area contributed by atoms with Gasteiger partial charge in [0.2, 0.25) is 6.79 Å². The van der Waals surface area contributed by atoms with Crippen molar-refractivity contribution in [2.45, 2.75) is 0 Å². The second-order valence-corrected chi connectivity index (χ2v) is 7.70. The molecular weight excluding hydrogens is 418 g/mol. The maximum absolute atomic E-state index is 13.2. The largest absolute Gasteiger partial charge is 0.497 e. The van der Waals surface area contributed by atoms with Crippen molar-refractivity contribution in [3.05, 3.63) is 78.5 Å². The van der Waals surface area contributed by atoms with Gasteiger partial charge in [-0.3, -0.25) is 4.79 Å². The van der Waals surface area contributed by atoms with Gasteiger partial charge in [0.25, 0.3) is 5.91 Å². The molecule has 0 atom stereocenters. The van der Waals surface area contributed by atoms with Gasteiger partial charge in [-0.2, -0.15) is 0 Å². The lowest BCUT2D eigenvalue weighted by Gasteiger charge is -2.10. The van der Waals surface area contributed by atoms with Gasteiger partial charge in [0.15, 0.2) is 11.5 Å². The third-order valence-electron chi connectivity index (χ3n) is 5.70. The summed E-state index contributed by atoms with van der Waals surface area (Å²) in [6, 6.07) is 22.7. The molecular formula is C26H19N3O4. The number of aromatic nitrogens is 2. The van der Waals surface area contributed by atoms with E-state index in [9.17, 15) is 4.79 Å². The van der Waals surface area contributed by atoms with Gasteiger partial charge in [0.05, 0.1) is 18.3 Å². The average molecular weight is 437 g/mol. The van der Waals surface area contributed by atoms with Crippen LogP contribution in [0.5, 0.6) is 17.2 Å². The number of hydrogen-bond donors (Lipinski definition) is 2. The zero-order valence-electron chi connectivity index (χ0n) is 17.7. The SMILES string of the molecule is COc1cccc(NC(=O)c2cc3c([nH]c4ccccc43)c(-c3ccc4c(c3)OCO4)n2)c1. The minimum atomic E-state index is -0.308. The number of nitrogens with zero attached hydrogens (tertiary/aromatic N) is 1. The first-order chi connectivity index (χ1) is 16.2. The minimum Gasteiger partial charge on any atom is -0.497 e. The number of rotatable bonds is 4. The molecule has 1 aliphatic heterocycles. The molecule has 0 unspecified atom stereocenters. The highest BCUT2D eigenvalue weighted by Crippen LogP contribution is 2.38. The molecule has 7 nitrogen and oxygen atoms in total. The number of carbonyl (C=O) groups is 1. The van der Waals surface area contributed by atoms with Crippen LogP contribution >= 0.6 is 0 Å². The molecule has 7 heteroatoms. The molecule has 1 amide bonds. The van der Waals surface area contributed by atoms with Crippen LogP contribution in [0.1, 0.15) is 10.5 Å². The monoisotopic (exact) mass is 437 g/mol. The van der Waals surface area contributed by atoms with Crippen molar-refractivity contribution >= 4 is 33.4 Å². The number of hydrogen-bond acceptors (Lipinski definition) is 5. The zero-order chi connectivity index (χ0) is 22.4. The molecule has 0 radical (unpaired) electrons. The van der Waals surface area contributed by atoms with Crippen LogP contribution in [-0.4, -0.2) is 29.8 Å². The van der Waals surface area contributed by atoms with Crippen LogP contribution in [0.25, 0.3) is 33.1 Å². The lowest BCUT2D eigenvalue weighted by Crippen LogP contribution is -2.14. The predicted molar refractivity (Wildman–Crippen MR) is 126 cm³/mol. The molecule has 3 heterocycles. The number of pyridine rings is 1. The quantitative estimate of drug-likeness (QED) is 0.395. The smallest absolute Gasteiger partial charge is 0.274 e. The van der Waals surface area contributed by atoms with E-state index in [4.69, 9.17) is 19.2 Å². The number of fused-ring (bicyclic) bond motifs is 4. The van der Waals surface area contributed by atoms with Crippen LogP contribution in [0.4, 0.5) is 5.69 Å². The van der Waals surface area contributed by atoms with Crippen molar-refractivity contribution in [3.8, 4) is 28.5 Å². The molecule has 0 bridgehead atoms. The summed E-state index contributed by atoms with van der Waals surface area (Å²) < 4.78 is 16.3. The summed E-state index contributed by atoms with van der Waals surface area (Å²) in [7, 11) is 1.59. The van der Waals surface area contributed by atoms with Gasteiger partial charge >= 0.3 is 0 Å². The molecule has 0 spiro atoms.